The van der Waals surface area contributed by atoms with E-state index < -0.39 is 10.0 Å². The van der Waals surface area contributed by atoms with Crippen LogP contribution in [-0.2, 0) is 16.6 Å². The fraction of sp³-hybridized carbons (Fsp3) is 0.429. The molecular formula is C14H18N2O2S3. The molecule has 1 fully saturated rings. The van der Waals surface area contributed by atoms with Crippen LogP contribution in [0.1, 0.15) is 12.0 Å². The van der Waals surface area contributed by atoms with Crippen LogP contribution in [0.25, 0.3) is 0 Å². The molecule has 2 aromatic rings. The van der Waals surface area contributed by atoms with Crippen LogP contribution < -0.4 is 0 Å². The first-order chi connectivity index (χ1) is 10.2. The highest BCUT2D eigenvalue weighted by molar-refractivity contribution is 7.91. The van der Waals surface area contributed by atoms with E-state index in [0.29, 0.717) is 17.3 Å². The van der Waals surface area contributed by atoms with Gasteiger partial charge in [0.15, 0.2) is 0 Å². The number of rotatable bonds is 4. The van der Waals surface area contributed by atoms with Crippen molar-refractivity contribution in [3.8, 4) is 0 Å². The van der Waals surface area contributed by atoms with Gasteiger partial charge in [-0.15, -0.1) is 11.3 Å². The van der Waals surface area contributed by atoms with Gasteiger partial charge in [0.2, 0.25) is 0 Å². The van der Waals surface area contributed by atoms with Gasteiger partial charge in [0.05, 0.1) is 0 Å². The third kappa shape index (κ3) is 3.54. The summed E-state index contributed by atoms with van der Waals surface area (Å²) in [4.78, 5) is 2.34. The van der Waals surface area contributed by atoms with Gasteiger partial charge in [-0.2, -0.15) is 15.6 Å². The average Bonchev–Trinajstić information content (AvgIpc) is 3.10. The summed E-state index contributed by atoms with van der Waals surface area (Å²) >= 11 is 3.00. The van der Waals surface area contributed by atoms with Crippen LogP contribution in [0.2, 0.25) is 0 Å². The maximum absolute atomic E-state index is 12.5. The molecule has 1 aliphatic rings. The number of thiophene rings is 2. The Morgan fingerprint density at radius 1 is 1.10 bits per heavy atom. The zero-order chi connectivity index (χ0) is 14.7. The zero-order valence-corrected chi connectivity index (χ0v) is 14.1. The molecule has 2 aromatic heterocycles. The molecule has 0 aliphatic carbocycles. The van der Waals surface area contributed by atoms with Gasteiger partial charge in [0, 0.05) is 26.2 Å². The lowest BCUT2D eigenvalue weighted by Crippen LogP contribution is -2.34. The Morgan fingerprint density at radius 2 is 2.00 bits per heavy atom. The molecule has 0 aromatic carbocycles. The van der Waals surface area contributed by atoms with Crippen molar-refractivity contribution in [2.45, 2.75) is 17.2 Å². The molecule has 0 atom stereocenters. The quantitative estimate of drug-likeness (QED) is 0.858. The molecule has 1 aliphatic heterocycles. The summed E-state index contributed by atoms with van der Waals surface area (Å²) in [6.45, 7) is 3.84. The molecule has 0 radical (unpaired) electrons. The normalized spacial score (nSPS) is 18.7. The van der Waals surface area contributed by atoms with Crippen LogP contribution in [0.3, 0.4) is 0 Å². The zero-order valence-electron chi connectivity index (χ0n) is 11.6. The Balaban J connectivity index is 1.66. The van der Waals surface area contributed by atoms with Crippen LogP contribution in [0.4, 0.5) is 0 Å². The molecule has 0 amide bonds. The van der Waals surface area contributed by atoms with Gasteiger partial charge < -0.3 is 0 Å². The topological polar surface area (TPSA) is 40.6 Å². The summed E-state index contributed by atoms with van der Waals surface area (Å²) < 4.78 is 27.2. The summed E-state index contributed by atoms with van der Waals surface area (Å²) in [6.07, 6.45) is 0.884. The molecule has 0 spiro atoms. The van der Waals surface area contributed by atoms with Crippen LogP contribution in [-0.4, -0.2) is 43.8 Å². The van der Waals surface area contributed by atoms with Gasteiger partial charge in [-0.25, -0.2) is 8.42 Å². The summed E-state index contributed by atoms with van der Waals surface area (Å²) in [6, 6.07) is 5.61. The van der Waals surface area contributed by atoms with Crippen LogP contribution in [0.5, 0.6) is 0 Å². The van der Waals surface area contributed by atoms with Crippen molar-refractivity contribution >= 4 is 32.7 Å². The summed E-state index contributed by atoms with van der Waals surface area (Å²) in [7, 11) is -3.30. The summed E-state index contributed by atoms with van der Waals surface area (Å²) in [5.74, 6) is 0. The molecule has 21 heavy (non-hydrogen) atoms. The minimum atomic E-state index is -3.30. The molecule has 3 rings (SSSR count). The second kappa shape index (κ2) is 6.58. The second-order valence-electron chi connectivity index (χ2n) is 5.10. The third-order valence-electron chi connectivity index (χ3n) is 3.62. The summed E-state index contributed by atoms with van der Waals surface area (Å²) in [5.41, 5.74) is 1.31. The van der Waals surface area contributed by atoms with Gasteiger partial charge >= 0.3 is 0 Å². The minimum Gasteiger partial charge on any atom is -0.298 e. The van der Waals surface area contributed by atoms with E-state index in [9.17, 15) is 8.42 Å². The molecule has 3 heterocycles. The standard InChI is InChI=1S/C14H18N2O2S3/c17-21(18,14-3-1-9-20-14)16-6-2-5-15(7-8-16)11-13-4-10-19-12-13/h1,3-4,9-10,12H,2,5-8,11H2. The van der Waals surface area contributed by atoms with E-state index in [2.05, 4.69) is 21.7 Å². The lowest BCUT2D eigenvalue weighted by Gasteiger charge is -2.20. The van der Waals surface area contributed by atoms with Crippen molar-refractivity contribution in [3.63, 3.8) is 0 Å². The molecule has 1 saturated heterocycles. The van der Waals surface area contributed by atoms with Crippen LogP contribution in [0.15, 0.2) is 38.5 Å². The first-order valence-electron chi connectivity index (χ1n) is 6.93. The number of sulfonamides is 1. The Labute approximate surface area is 133 Å². The third-order valence-corrected chi connectivity index (χ3v) is 7.63. The van der Waals surface area contributed by atoms with E-state index in [1.54, 1.807) is 27.8 Å². The molecule has 7 heteroatoms. The maximum Gasteiger partial charge on any atom is 0.252 e. The maximum atomic E-state index is 12.5. The van der Waals surface area contributed by atoms with Crippen molar-refractivity contribution in [1.29, 1.82) is 0 Å². The number of nitrogens with zero attached hydrogens (tertiary/aromatic N) is 2. The Hall–Kier alpha value is -0.730. The first kappa shape index (κ1) is 15.2. The van der Waals surface area contributed by atoms with E-state index in [-0.39, 0.29) is 0 Å². The monoisotopic (exact) mass is 342 g/mol. The molecular weight excluding hydrogens is 324 g/mol. The van der Waals surface area contributed by atoms with E-state index in [4.69, 9.17) is 0 Å². The average molecular weight is 343 g/mol. The highest BCUT2D eigenvalue weighted by atomic mass is 32.2. The molecule has 0 N–H and O–H groups in total. The Bertz CT molecular complexity index is 650. The molecule has 114 valence electrons. The van der Waals surface area contributed by atoms with Crippen molar-refractivity contribution in [3.05, 3.63) is 39.9 Å². The van der Waals surface area contributed by atoms with Crippen molar-refractivity contribution in [2.75, 3.05) is 26.2 Å². The van der Waals surface area contributed by atoms with Crippen LogP contribution >= 0.6 is 22.7 Å². The molecule has 0 unspecified atom stereocenters. The predicted molar refractivity (Wildman–Crippen MR) is 87.3 cm³/mol. The van der Waals surface area contributed by atoms with Gasteiger partial charge in [0.1, 0.15) is 4.21 Å². The molecule has 0 saturated carbocycles. The Morgan fingerprint density at radius 3 is 2.71 bits per heavy atom. The predicted octanol–water partition coefficient (Wildman–Crippen LogP) is 2.71. The molecule has 0 bridgehead atoms. The van der Waals surface area contributed by atoms with Gasteiger partial charge in [-0.1, -0.05) is 6.07 Å². The van der Waals surface area contributed by atoms with E-state index >= 15 is 0 Å². The SMILES string of the molecule is O=S(=O)(c1cccs1)N1CCCN(Cc2ccsc2)CC1. The number of hydrogen-bond donors (Lipinski definition) is 0. The van der Waals surface area contributed by atoms with Crippen molar-refractivity contribution < 1.29 is 8.42 Å². The Kier molecular flexibility index (Phi) is 4.75. The van der Waals surface area contributed by atoms with Crippen molar-refractivity contribution in [2.24, 2.45) is 0 Å². The van der Waals surface area contributed by atoms with E-state index in [0.717, 1.165) is 26.1 Å². The summed E-state index contributed by atoms with van der Waals surface area (Å²) in [5, 5.41) is 6.05. The highest BCUT2D eigenvalue weighted by Gasteiger charge is 2.27. The van der Waals surface area contributed by atoms with E-state index in [1.807, 2.05) is 5.38 Å². The fourth-order valence-corrected chi connectivity index (χ4v) is 5.80. The van der Waals surface area contributed by atoms with Gasteiger partial charge in [-0.3, -0.25) is 4.90 Å². The van der Waals surface area contributed by atoms with Crippen molar-refractivity contribution in [1.82, 2.24) is 9.21 Å². The fourth-order valence-electron chi connectivity index (χ4n) is 2.52. The van der Waals surface area contributed by atoms with E-state index in [1.165, 1.54) is 16.9 Å². The minimum absolute atomic E-state index is 0.453. The number of hydrogen-bond acceptors (Lipinski definition) is 5. The van der Waals surface area contributed by atoms with Gasteiger partial charge in [0.25, 0.3) is 10.0 Å². The highest BCUT2D eigenvalue weighted by Crippen LogP contribution is 2.22. The second-order valence-corrected chi connectivity index (χ2v) is 8.99. The first-order valence-corrected chi connectivity index (χ1v) is 10.2. The smallest absolute Gasteiger partial charge is 0.252 e. The largest absolute Gasteiger partial charge is 0.298 e. The van der Waals surface area contributed by atoms with Gasteiger partial charge in [-0.05, 0) is 46.8 Å². The lowest BCUT2D eigenvalue weighted by atomic mass is 10.3. The molecule has 4 nitrogen and oxygen atoms in total. The van der Waals surface area contributed by atoms with Crippen LogP contribution in [0, 0.1) is 0 Å². The lowest BCUT2D eigenvalue weighted by molar-refractivity contribution is 0.279.